The van der Waals surface area contributed by atoms with Gasteiger partial charge in [0, 0.05) is 5.69 Å². The van der Waals surface area contributed by atoms with Crippen LogP contribution >= 0.6 is 0 Å². The molecule has 0 bridgehead atoms. The third-order valence-corrected chi connectivity index (χ3v) is 3.55. The fourth-order valence-electron chi connectivity index (χ4n) is 2.55. The highest BCUT2D eigenvalue weighted by atomic mass is 16.4. The van der Waals surface area contributed by atoms with Crippen LogP contribution in [0.3, 0.4) is 0 Å². The molecule has 1 heterocycles. The van der Waals surface area contributed by atoms with Crippen molar-refractivity contribution in [2.45, 2.75) is 19.8 Å². The quantitative estimate of drug-likeness (QED) is 0.793. The number of para-hydroxylation sites is 1. The first-order valence-corrected chi connectivity index (χ1v) is 6.99. The molecule has 0 saturated carbocycles. The third kappa shape index (κ3) is 2.40. The van der Waals surface area contributed by atoms with Crippen LogP contribution in [-0.4, -0.2) is 20.6 Å². The molecule has 4 heteroatoms. The van der Waals surface area contributed by atoms with Crippen LogP contribution in [0.5, 0.6) is 0 Å². The summed E-state index contributed by atoms with van der Waals surface area (Å²) < 4.78 is 1.83. The van der Waals surface area contributed by atoms with Gasteiger partial charge in [-0.1, -0.05) is 31.5 Å². The molecule has 0 saturated heterocycles. The maximum atomic E-state index is 11.4. The lowest BCUT2D eigenvalue weighted by molar-refractivity contribution is 0.0698. The minimum atomic E-state index is -0.940. The molecule has 0 aliphatic heterocycles. The lowest BCUT2D eigenvalue weighted by Crippen LogP contribution is -2.01. The number of nitrogens with zero attached hydrogens (tertiary/aromatic N) is 2. The smallest absolute Gasteiger partial charge is 0.337 e. The molecule has 0 aliphatic rings. The zero-order chi connectivity index (χ0) is 14.8. The molecular formula is C17H16N2O2. The van der Waals surface area contributed by atoms with Crippen LogP contribution in [-0.2, 0) is 6.42 Å². The van der Waals surface area contributed by atoms with E-state index in [-0.39, 0.29) is 5.56 Å². The molecule has 3 aromatic rings. The zero-order valence-corrected chi connectivity index (χ0v) is 11.8. The molecule has 1 aromatic heterocycles. The maximum Gasteiger partial charge on any atom is 0.337 e. The molecule has 2 aromatic carbocycles. The number of benzene rings is 2. The van der Waals surface area contributed by atoms with E-state index >= 15 is 0 Å². The summed E-state index contributed by atoms with van der Waals surface area (Å²) in [4.78, 5) is 15.7. The van der Waals surface area contributed by atoms with Crippen LogP contribution in [0.15, 0.2) is 48.8 Å². The van der Waals surface area contributed by atoms with Crippen LogP contribution in [0.25, 0.3) is 16.7 Å². The largest absolute Gasteiger partial charge is 0.478 e. The van der Waals surface area contributed by atoms with Gasteiger partial charge in [0.15, 0.2) is 0 Å². The monoisotopic (exact) mass is 280 g/mol. The van der Waals surface area contributed by atoms with Gasteiger partial charge in [-0.2, -0.15) is 0 Å². The summed E-state index contributed by atoms with van der Waals surface area (Å²) in [6, 6.07) is 13.3. The van der Waals surface area contributed by atoms with Crippen molar-refractivity contribution in [3.63, 3.8) is 0 Å². The molecule has 0 amide bonds. The number of aromatic nitrogens is 2. The Labute approximate surface area is 122 Å². The van der Waals surface area contributed by atoms with E-state index in [2.05, 4.69) is 24.0 Å². The van der Waals surface area contributed by atoms with E-state index < -0.39 is 5.97 Å². The molecule has 0 radical (unpaired) electrons. The molecule has 0 atom stereocenters. The van der Waals surface area contributed by atoms with Gasteiger partial charge in [0.2, 0.25) is 0 Å². The highest BCUT2D eigenvalue weighted by Gasteiger charge is 2.14. The number of hydrogen-bond donors (Lipinski definition) is 1. The highest BCUT2D eigenvalue weighted by molar-refractivity contribution is 6.01. The number of carboxylic acid groups (broad SMARTS) is 1. The second-order valence-corrected chi connectivity index (χ2v) is 5.01. The molecule has 0 spiro atoms. The van der Waals surface area contributed by atoms with Gasteiger partial charge < -0.3 is 5.11 Å². The number of carboxylic acids is 1. The van der Waals surface area contributed by atoms with Crippen LogP contribution in [0.2, 0.25) is 0 Å². The third-order valence-electron chi connectivity index (χ3n) is 3.55. The van der Waals surface area contributed by atoms with Gasteiger partial charge in [0.25, 0.3) is 0 Å². The Morgan fingerprint density at radius 1 is 1.19 bits per heavy atom. The van der Waals surface area contributed by atoms with Gasteiger partial charge in [0.1, 0.15) is 6.33 Å². The molecule has 106 valence electrons. The number of rotatable bonds is 4. The fourth-order valence-corrected chi connectivity index (χ4v) is 2.55. The normalized spacial score (nSPS) is 10.9. The van der Waals surface area contributed by atoms with Crippen molar-refractivity contribution in [2.24, 2.45) is 0 Å². The molecule has 4 nitrogen and oxygen atoms in total. The minimum absolute atomic E-state index is 0.266. The van der Waals surface area contributed by atoms with Crippen LogP contribution in [0.1, 0.15) is 29.3 Å². The van der Waals surface area contributed by atoms with E-state index in [0.717, 1.165) is 18.5 Å². The molecule has 0 unspecified atom stereocenters. The first-order valence-electron chi connectivity index (χ1n) is 6.99. The predicted octanol–water partition coefficient (Wildman–Crippen LogP) is 3.68. The summed E-state index contributed by atoms with van der Waals surface area (Å²) in [5.74, 6) is -0.940. The van der Waals surface area contributed by atoms with Crippen molar-refractivity contribution in [1.29, 1.82) is 0 Å². The Kier molecular flexibility index (Phi) is 3.44. The van der Waals surface area contributed by atoms with Gasteiger partial charge in [-0.15, -0.1) is 0 Å². The number of hydrogen-bond acceptors (Lipinski definition) is 2. The van der Waals surface area contributed by atoms with E-state index in [1.807, 2.05) is 22.8 Å². The van der Waals surface area contributed by atoms with Gasteiger partial charge in [-0.25, -0.2) is 9.78 Å². The standard InChI is InChI=1S/C17H16N2O2/c1-2-4-12-7-9-13(10-8-12)19-11-18-15-6-3-5-14(16(15)19)17(20)21/h3,5-11H,2,4H2,1H3,(H,20,21). The molecule has 3 rings (SSSR count). The zero-order valence-electron chi connectivity index (χ0n) is 11.8. The number of aryl methyl sites for hydroxylation is 1. The first-order chi connectivity index (χ1) is 10.2. The van der Waals surface area contributed by atoms with E-state index in [4.69, 9.17) is 0 Å². The average molecular weight is 280 g/mol. The number of fused-ring (bicyclic) bond motifs is 1. The average Bonchev–Trinajstić information content (AvgIpc) is 2.92. The van der Waals surface area contributed by atoms with Crippen molar-refractivity contribution in [3.05, 3.63) is 59.9 Å². The van der Waals surface area contributed by atoms with Crippen molar-refractivity contribution in [3.8, 4) is 5.69 Å². The van der Waals surface area contributed by atoms with Crippen molar-refractivity contribution >= 4 is 17.0 Å². The van der Waals surface area contributed by atoms with Gasteiger partial charge in [0.05, 0.1) is 16.6 Å². The van der Waals surface area contributed by atoms with Crippen molar-refractivity contribution < 1.29 is 9.90 Å². The van der Waals surface area contributed by atoms with E-state index in [1.165, 1.54) is 5.56 Å². The topological polar surface area (TPSA) is 55.1 Å². The molecule has 0 aliphatic carbocycles. The number of carbonyl (C=O) groups is 1. The maximum absolute atomic E-state index is 11.4. The SMILES string of the molecule is CCCc1ccc(-n2cnc3cccc(C(=O)O)c32)cc1. The van der Waals surface area contributed by atoms with E-state index in [0.29, 0.717) is 11.0 Å². The lowest BCUT2D eigenvalue weighted by atomic mass is 10.1. The Hall–Kier alpha value is -2.62. The van der Waals surface area contributed by atoms with E-state index in [9.17, 15) is 9.90 Å². The summed E-state index contributed by atoms with van der Waals surface area (Å²) in [6.45, 7) is 2.15. The highest BCUT2D eigenvalue weighted by Crippen LogP contribution is 2.22. The Morgan fingerprint density at radius 2 is 1.95 bits per heavy atom. The Balaban J connectivity index is 2.14. The van der Waals surface area contributed by atoms with Gasteiger partial charge >= 0.3 is 5.97 Å². The van der Waals surface area contributed by atoms with Crippen LogP contribution in [0, 0.1) is 0 Å². The first kappa shape index (κ1) is 13.4. The van der Waals surface area contributed by atoms with E-state index in [1.54, 1.807) is 18.5 Å². The summed E-state index contributed by atoms with van der Waals surface area (Å²) in [7, 11) is 0. The molecule has 21 heavy (non-hydrogen) atoms. The summed E-state index contributed by atoms with van der Waals surface area (Å²) in [5.41, 5.74) is 3.79. The summed E-state index contributed by atoms with van der Waals surface area (Å²) in [6.07, 6.45) is 3.83. The summed E-state index contributed by atoms with van der Waals surface area (Å²) >= 11 is 0. The number of aromatic carboxylic acids is 1. The van der Waals surface area contributed by atoms with Crippen molar-refractivity contribution in [2.75, 3.05) is 0 Å². The van der Waals surface area contributed by atoms with Gasteiger partial charge in [-0.05, 0) is 36.2 Å². The second kappa shape index (κ2) is 5.40. The summed E-state index contributed by atoms with van der Waals surface area (Å²) in [5, 5.41) is 9.35. The second-order valence-electron chi connectivity index (χ2n) is 5.01. The Morgan fingerprint density at radius 3 is 2.62 bits per heavy atom. The molecule has 0 fully saturated rings. The Bertz CT molecular complexity index is 788. The van der Waals surface area contributed by atoms with Crippen LogP contribution < -0.4 is 0 Å². The van der Waals surface area contributed by atoms with Crippen LogP contribution in [0.4, 0.5) is 0 Å². The minimum Gasteiger partial charge on any atom is -0.478 e. The van der Waals surface area contributed by atoms with Gasteiger partial charge in [-0.3, -0.25) is 4.57 Å². The fraction of sp³-hybridized carbons (Fsp3) is 0.176. The predicted molar refractivity (Wildman–Crippen MR) is 82.0 cm³/mol. The molecule has 1 N–H and O–H groups in total. The molecular weight excluding hydrogens is 264 g/mol. The lowest BCUT2D eigenvalue weighted by Gasteiger charge is -2.07. The van der Waals surface area contributed by atoms with Crippen molar-refractivity contribution in [1.82, 2.24) is 9.55 Å². The number of imidazole rings is 1.